The van der Waals surface area contributed by atoms with Crippen LogP contribution in [0.15, 0.2) is 27.5 Å². The van der Waals surface area contributed by atoms with Crippen LogP contribution < -0.4 is 11.5 Å². The lowest BCUT2D eigenvalue weighted by Gasteiger charge is -2.15. The summed E-state index contributed by atoms with van der Waals surface area (Å²) in [5, 5.41) is 4.15. The van der Waals surface area contributed by atoms with Crippen LogP contribution in [0.2, 0.25) is 0 Å². The topological polar surface area (TPSA) is 86.9 Å². The molecule has 0 aromatic carbocycles. The van der Waals surface area contributed by atoms with Gasteiger partial charge in [0.25, 0.3) is 0 Å². The van der Waals surface area contributed by atoms with Gasteiger partial charge in [0.2, 0.25) is 5.89 Å². The Morgan fingerprint density at radius 2 is 2.12 bits per heavy atom. The average Bonchev–Trinajstić information content (AvgIpc) is 2.60. The Morgan fingerprint density at radius 1 is 1.41 bits per heavy atom. The highest BCUT2D eigenvalue weighted by molar-refractivity contribution is 5.56. The lowest BCUT2D eigenvalue weighted by Crippen LogP contribution is -2.32. The van der Waals surface area contributed by atoms with Crippen molar-refractivity contribution in [2.75, 3.05) is 5.73 Å². The summed E-state index contributed by atoms with van der Waals surface area (Å²) in [5.74, 6) is 0.123. The fourth-order valence-electron chi connectivity index (χ4n) is 1.40. The van der Waals surface area contributed by atoms with E-state index in [2.05, 4.69) is 10.1 Å². The Labute approximate surface area is 98.1 Å². The molecule has 90 valence electrons. The SMILES string of the molecule is CC(C)(C)n1nc(-c2ccnc(N)c2)oc1=O. The number of pyridine rings is 1. The smallest absolute Gasteiger partial charge is 0.388 e. The third-order valence-electron chi connectivity index (χ3n) is 2.21. The highest BCUT2D eigenvalue weighted by Crippen LogP contribution is 2.18. The van der Waals surface area contributed by atoms with Crippen molar-refractivity contribution < 1.29 is 4.42 Å². The second-order valence-electron chi connectivity index (χ2n) is 4.73. The molecule has 0 fully saturated rings. The van der Waals surface area contributed by atoms with Gasteiger partial charge in [-0.15, -0.1) is 5.10 Å². The molecule has 0 aliphatic heterocycles. The van der Waals surface area contributed by atoms with Gasteiger partial charge in [0, 0.05) is 11.8 Å². The highest BCUT2D eigenvalue weighted by atomic mass is 16.4. The van der Waals surface area contributed by atoms with E-state index in [0.29, 0.717) is 11.4 Å². The molecule has 0 saturated carbocycles. The second-order valence-corrected chi connectivity index (χ2v) is 4.73. The summed E-state index contributed by atoms with van der Waals surface area (Å²) in [5.41, 5.74) is 5.78. The zero-order chi connectivity index (χ0) is 12.6. The summed E-state index contributed by atoms with van der Waals surface area (Å²) in [6.45, 7) is 5.63. The van der Waals surface area contributed by atoms with Crippen molar-refractivity contribution in [2.24, 2.45) is 0 Å². The minimum absolute atomic E-state index is 0.249. The Hall–Kier alpha value is -2.11. The van der Waals surface area contributed by atoms with Crippen molar-refractivity contribution in [2.45, 2.75) is 26.3 Å². The number of nitrogens with zero attached hydrogens (tertiary/aromatic N) is 3. The van der Waals surface area contributed by atoms with E-state index in [9.17, 15) is 4.79 Å². The molecule has 17 heavy (non-hydrogen) atoms. The van der Waals surface area contributed by atoms with Crippen LogP contribution in [0, 0.1) is 0 Å². The van der Waals surface area contributed by atoms with Crippen LogP contribution in [-0.2, 0) is 5.54 Å². The predicted molar refractivity (Wildman–Crippen MR) is 63.4 cm³/mol. The normalized spacial score (nSPS) is 11.7. The van der Waals surface area contributed by atoms with Crippen molar-refractivity contribution in [3.8, 4) is 11.5 Å². The van der Waals surface area contributed by atoms with Gasteiger partial charge >= 0.3 is 5.76 Å². The first kappa shape index (κ1) is 11.4. The van der Waals surface area contributed by atoms with Crippen LogP contribution in [0.4, 0.5) is 5.82 Å². The first-order chi connectivity index (χ1) is 7.88. The third kappa shape index (κ3) is 2.20. The highest BCUT2D eigenvalue weighted by Gasteiger charge is 2.21. The molecule has 2 aromatic rings. The molecule has 6 heteroatoms. The van der Waals surface area contributed by atoms with Crippen molar-refractivity contribution in [1.82, 2.24) is 14.8 Å². The van der Waals surface area contributed by atoms with E-state index < -0.39 is 11.3 Å². The Kier molecular flexibility index (Phi) is 2.49. The van der Waals surface area contributed by atoms with Crippen molar-refractivity contribution >= 4 is 5.82 Å². The van der Waals surface area contributed by atoms with Gasteiger partial charge in [-0.25, -0.2) is 9.78 Å². The summed E-state index contributed by atoms with van der Waals surface area (Å²) < 4.78 is 6.40. The van der Waals surface area contributed by atoms with E-state index >= 15 is 0 Å². The molecule has 6 nitrogen and oxygen atoms in total. The largest absolute Gasteiger partial charge is 0.437 e. The zero-order valence-corrected chi connectivity index (χ0v) is 9.97. The molecule has 2 aromatic heterocycles. The maximum atomic E-state index is 11.6. The molecule has 0 aliphatic rings. The van der Waals surface area contributed by atoms with Crippen LogP contribution >= 0.6 is 0 Å². The summed E-state index contributed by atoms with van der Waals surface area (Å²) in [4.78, 5) is 15.5. The summed E-state index contributed by atoms with van der Waals surface area (Å²) >= 11 is 0. The van der Waals surface area contributed by atoms with Gasteiger partial charge in [-0.3, -0.25) is 0 Å². The molecular formula is C11H14N4O2. The molecule has 2 N–H and O–H groups in total. The number of rotatable bonds is 1. The fraction of sp³-hybridized carbons (Fsp3) is 0.364. The number of aromatic nitrogens is 3. The molecule has 0 atom stereocenters. The minimum Gasteiger partial charge on any atom is -0.388 e. The summed E-state index contributed by atoms with van der Waals surface area (Å²) in [7, 11) is 0. The molecule has 0 spiro atoms. The molecule has 0 radical (unpaired) electrons. The number of hydrogen-bond acceptors (Lipinski definition) is 5. The van der Waals surface area contributed by atoms with Gasteiger partial charge in [0.15, 0.2) is 0 Å². The molecule has 0 bridgehead atoms. The molecule has 2 rings (SSSR count). The van der Waals surface area contributed by atoms with Gasteiger partial charge in [0.05, 0.1) is 5.54 Å². The van der Waals surface area contributed by atoms with Gasteiger partial charge in [0.1, 0.15) is 5.82 Å². The zero-order valence-electron chi connectivity index (χ0n) is 9.97. The van der Waals surface area contributed by atoms with Gasteiger partial charge in [-0.1, -0.05) is 0 Å². The number of anilines is 1. The summed E-state index contributed by atoms with van der Waals surface area (Å²) in [6.07, 6.45) is 1.54. The predicted octanol–water partition coefficient (Wildman–Crippen LogP) is 1.24. The van der Waals surface area contributed by atoms with Gasteiger partial charge in [-0.05, 0) is 32.9 Å². The van der Waals surface area contributed by atoms with Crippen molar-refractivity contribution in [3.63, 3.8) is 0 Å². The first-order valence-corrected chi connectivity index (χ1v) is 5.20. The van der Waals surface area contributed by atoms with Crippen LogP contribution in [0.1, 0.15) is 20.8 Å². The van der Waals surface area contributed by atoms with E-state index in [-0.39, 0.29) is 5.89 Å². The first-order valence-electron chi connectivity index (χ1n) is 5.20. The third-order valence-corrected chi connectivity index (χ3v) is 2.21. The Morgan fingerprint density at radius 3 is 2.65 bits per heavy atom. The van der Waals surface area contributed by atoms with Crippen molar-refractivity contribution in [1.29, 1.82) is 0 Å². The maximum absolute atomic E-state index is 11.6. The number of nitrogens with two attached hydrogens (primary N) is 1. The Balaban J connectivity index is 2.53. The van der Waals surface area contributed by atoms with Crippen LogP contribution in [0.25, 0.3) is 11.5 Å². The molecule has 0 unspecified atom stereocenters. The maximum Gasteiger partial charge on any atom is 0.437 e. The summed E-state index contributed by atoms with van der Waals surface area (Å²) in [6, 6.07) is 3.30. The second kappa shape index (κ2) is 3.73. The van der Waals surface area contributed by atoms with Gasteiger partial charge < -0.3 is 10.2 Å². The molecule has 0 saturated heterocycles. The lowest BCUT2D eigenvalue weighted by atomic mass is 10.1. The molecule has 0 amide bonds. The van der Waals surface area contributed by atoms with Crippen LogP contribution in [-0.4, -0.2) is 14.8 Å². The van der Waals surface area contributed by atoms with Crippen LogP contribution in [0.5, 0.6) is 0 Å². The molecular weight excluding hydrogens is 220 g/mol. The van der Waals surface area contributed by atoms with Crippen LogP contribution in [0.3, 0.4) is 0 Å². The lowest BCUT2D eigenvalue weighted by molar-refractivity contribution is 0.325. The van der Waals surface area contributed by atoms with E-state index in [1.54, 1.807) is 18.3 Å². The average molecular weight is 234 g/mol. The van der Waals surface area contributed by atoms with E-state index in [4.69, 9.17) is 10.2 Å². The quantitative estimate of drug-likeness (QED) is 0.802. The molecule has 2 heterocycles. The monoisotopic (exact) mass is 234 g/mol. The van der Waals surface area contributed by atoms with E-state index in [1.807, 2.05) is 20.8 Å². The standard InChI is InChI=1S/C11H14N4O2/c1-11(2,3)15-10(16)17-9(14-15)7-4-5-13-8(12)6-7/h4-6H,1-3H3,(H2,12,13). The minimum atomic E-state index is -0.483. The van der Waals surface area contributed by atoms with E-state index in [1.165, 1.54) is 4.68 Å². The number of hydrogen-bond donors (Lipinski definition) is 1. The molecule has 0 aliphatic carbocycles. The van der Waals surface area contributed by atoms with Crippen molar-refractivity contribution in [3.05, 3.63) is 28.9 Å². The number of nitrogen functional groups attached to an aromatic ring is 1. The van der Waals surface area contributed by atoms with Gasteiger partial charge in [-0.2, -0.15) is 4.68 Å². The van der Waals surface area contributed by atoms with E-state index in [0.717, 1.165) is 0 Å². The fourth-order valence-corrected chi connectivity index (χ4v) is 1.40. The Bertz CT molecular complexity index is 592.